The molecule has 0 unspecified atom stereocenters. The highest BCUT2D eigenvalue weighted by atomic mass is 79.9. The molecule has 2 aromatic rings. The van der Waals surface area contributed by atoms with Crippen molar-refractivity contribution in [3.63, 3.8) is 0 Å². The van der Waals surface area contributed by atoms with E-state index in [2.05, 4.69) is 36.5 Å². The van der Waals surface area contributed by atoms with Gasteiger partial charge in [0.05, 0.1) is 23.6 Å². The number of para-hydroxylation sites is 1. The molecule has 0 radical (unpaired) electrons. The van der Waals surface area contributed by atoms with Crippen LogP contribution in [0.1, 0.15) is 10.4 Å². The number of hydrogen-bond donors (Lipinski definition) is 2. The zero-order chi connectivity index (χ0) is 13.9. The fraction of sp³-hybridized carbons (Fsp3) is 0.154. The summed E-state index contributed by atoms with van der Waals surface area (Å²) in [5, 5.41) is 5.88. The average Bonchev–Trinajstić information content (AvgIpc) is 2.49. The molecule has 2 N–H and O–H groups in total. The average molecular weight is 335 g/mol. The van der Waals surface area contributed by atoms with Crippen LogP contribution in [-0.4, -0.2) is 29.0 Å². The SMILES string of the molecule is O=C(Nc1cnc(Br)cn1)c1cccc2c1OCCN2. The molecule has 1 aromatic heterocycles. The number of carbonyl (C=O) groups is 1. The van der Waals surface area contributed by atoms with Gasteiger partial charge >= 0.3 is 0 Å². The molecule has 3 rings (SSSR count). The maximum absolute atomic E-state index is 12.3. The van der Waals surface area contributed by atoms with Gasteiger partial charge in [-0.1, -0.05) is 6.07 Å². The Labute approximate surface area is 123 Å². The van der Waals surface area contributed by atoms with Crippen molar-refractivity contribution in [3.8, 4) is 5.75 Å². The molecule has 0 fully saturated rings. The maximum atomic E-state index is 12.3. The predicted octanol–water partition coefficient (Wildman–Crippen LogP) is 2.30. The van der Waals surface area contributed by atoms with Crippen molar-refractivity contribution >= 4 is 33.3 Å². The Kier molecular flexibility index (Phi) is 3.51. The van der Waals surface area contributed by atoms with Crippen molar-refractivity contribution in [2.45, 2.75) is 0 Å². The molecular weight excluding hydrogens is 324 g/mol. The minimum atomic E-state index is -0.276. The third kappa shape index (κ3) is 2.57. The quantitative estimate of drug-likeness (QED) is 0.881. The Morgan fingerprint density at radius 3 is 3.05 bits per heavy atom. The summed E-state index contributed by atoms with van der Waals surface area (Å²) in [5.41, 5.74) is 1.30. The molecule has 0 atom stereocenters. The minimum Gasteiger partial charge on any atom is -0.489 e. The van der Waals surface area contributed by atoms with Crippen molar-refractivity contribution in [2.24, 2.45) is 0 Å². The number of benzene rings is 1. The van der Waals surface area contributed by atoms with Gasteiger partial charge in [-0.05, 0) is 28.1 Å². The highest BCUT2D eigenvalue weighted by Gasteiger charge is 2.19. The number of carbonyl (C=O) groups excluding carboxylic acids is 1. The lowest BCUT2D eigenvalue weighted by Crippen LogP contribution is -2.22. The summed E-state index contributed by atoms with van der Waals surface area (Å²) >= 11 is 3.19. The number of nitrogens with zero attached hydrogens (tertiary/aromatic N) is 2. The van der Waals surface area contributed by atoms with Crippen molar-refractivity contribution in [2.75, 3.05) is 23.8 Å². The molecule has 7 heteroatoms. The van der Waals surface area contributed by atoms with Gasteiger partial charge in [-0.2, -0.15) is 0 Å². The van der Waals surface area contributed by atoms with Crippen LogP contribution >= 0.6 is 15.9 Å². The molecule has 0 spiro atoms. The molecule has 0 saturated heterocycles. The van der Waals surface area contributed by atoms with Crippen LogP contribution in [0.3, 0.4) is 0 Å². The van der Waals surface area contributed by atoms with Crippen LogP contribution in [0.4, 0.5) is 11.5 Å². The summed E-state index contributed by atoms with van der Waals surface area (Å²) in [6.45, 7) is 1.27. The van der Waals surface area contributed by atoms with E-state index < -0.39 is 0 Å². The van der Waals surface area contributed by atoms with Crippen molar-refractivity contribution < 1.29 is 9.53 Å². The van der Waals surface area contributed by atoms with E-state index >= 15 is 0 Å². The largest absolute Gasteiger partial charge is 0.489 e. The third-order valence-electron chi connectivity index (χ3n) is 2.79. The first-order valence-electron chi connectivity index (χ1n) is 6.02. The van der Waals surface area contributed by atoms with Crippen LogP contribution in [0.15, 0.2) is 35.2 Å². The normalized spacial score (nSPS) is 12.8. The van der Waals surface area contributed by atoms with E-state index in [-0.39, 0.29) is 5.91 Å². The maximum Gasteiger partial charge on any atom is 0.260 e. The van der Waals surface area contributed by atoms with Crippen LogP contribution < -0.4 is 15.4 Å². The van der Waals surface area contributed by atoms with E-state index in [0.717, 1.165) is 12.2 Å². The van der Waals surface area contributed by atoms with Gasteiger partial charge in [0, 0.05) is 6.54 Å². The number of aromatic nitrogens is 2. The number of fused-ring (bicyclic) bond motifs is 1. The summed E-state index contributed by atoms with van der Waals surface area (Å²) in [6, 6.07) is 5.40. The van der Waals surface area contributed by atoms with Crippen LogP contribution in [0.5, 0.6) is 5.75 Å². The van der Waals surface area contributed by atoms with Gasteiger partial charge in [0.25, 0.3) is 5.91 Å². The van der Waals surface area contributed by atoms with E-state index in [4.69, 9.17) is 4.74 Å². The Morgan fingerprint density at radius 2 is 2.25 bits per heavy atom. The summed E-state index contributed by atoms with van der Waals surface area (Å²) in [6.07, 6.45) is 3.00. The minimum absolute atomic E-state index is 0.276. The van der Waals surface area contributed by atoms with Gasteiger partial charge < -0.3 is 15.4 Å². The zero-order valence-corrected chi connectivity index (χ0v) is 12.0. The third-order valence-corrected chi connectivity index (χ3v) is 3.20. The Morgan fingerprint density at radius 1 is 1.35 bits per heavy atom. The highest BCUT2D eigenvalue weighted by molar-refractivity contribution is 9.10. The number of ether oxygens (including phenoxy) is 1. The Bertz CT molecular complexity index is 645. The van der Waals surface area contributed by atoms with Crippen LogP contribution in [0.2, 0.25) is 0 Å². The number of anilines is 2. The van der Waals surface area contributed by atoms with Crippen molar-refractivity contribution in [1.29, 1.82) is 0 Å². The predicted molar refractivity (Wildman–Crippen MR) is 78.1 cm³/mol. The zero-order valence-electron chi connectivity index (χ0n) is 10.4. The fourth-order valence-corrected chi connectivity index (χ4v) is 2.11. The van der Waals surface area contributed by atoms with Gasteiger partial charge in [-0.25, -0.2) is 9.97 Å². The summed E-state index contributed by atoms with van der Waals surface area (Å²) in [7, 11) is 0. The van der Waals surface area contributed by atoms with Gasteiger partial charge in [0.15, 0.2) is 11.6 Å². The number of amides is 1. The monoisotopic (exact) mass is 334 g/mol. The second kappa shape index (κ2) is 5.46. The van der Waals surface area contributed by atoms with E-state index in [1.165, 1.54) is 12.4 Å². The van der Waals surface area contributed by atoms with Gasteiger partial charge in [0.1, 0.15) is 11.2 Å². The molecule has 0 saturated carbocycles. The van der Waals surface area contributed by atoms with E-state index in [9.17, 15) is 4.79 Å². The lowest BCUT2D eigenvalue weighted by atomic mass is 10.1. The van der Waals surface area contributed by atoms with Crippen LogP contribution in [-0.2, 0) is 0 Å². The smallest absolute Gasteiger partial charge is 0.260 e. The lowest BCUT2D eigenvalue weighted by molar-refractivity contribution is 0.102. The second-order valence-corrected chi connectivity index (χ2v) is 4.95. The number of nitrogens with one attached hydrogen (secondary N) is 2. The molecule has 2 heterocycles. The number of rotatable bonds is 2. The molecule has 1 aliphatic heterocycles. The standard InChI is InChI=1S/C13H11BrN4O2/c14-10-6-17-11(7-16-10)18-13(19)8-2-1-3-9-12(8)20-5-4-15-9/h1-3,6-7,15H,4-5H2,(H,17,18,19). The first-order valence-corrected chi connectivity index (χ1v) is 6.82. The van der Waals surface area contributed by atoms with Gasteiger partial charge in [-0.3, -0.25) is 4.79 Å². The second-order valence-electron chi connectivity index (χ2n) is 4.14. The highest BCUT2D eigenvalue weighted by Crippen LogP contribution is 2.31. The molecule has 1 amide bonds. The lowest BCUT2D eigenvalue weighted by Gasteiger charge is -2.21. The van der Waals surface area contributed by atoms with E-state index in [1.807, 2.05) is 12.1 Å². The molecule has 6 nitrogen and oxygen atoms in total. The van der Waals surface area contributed by atoms with Crippen LogP contribution in [0, 0.1) is 0 Å². The van der Waals surface area contributed by atoms with E-state index in [0.29, 0.717) is 28.3 Å². The topological polar surface area (TPSA) is 76.1 Å². The van der Waals surface area contributed by atoms with E-state index in [1.54, 1.807) is 6.07 Å². The van der Waals surface area contributed by atoms with Crippen molar-refractivity contribution in [1.82, 2.24) is 9.97 Å². The molecule has 102 valence electrons. The first kappa shape index (κ1) is 12.9. The summed E-state index contributed by atoms with van der Waals surface area (Å²) in [5.74, 6) is 0.683. The molecule has 0 aliphatic carbocycles. The summed E-state index contributed by atoms with van der Waals surface area (Å²) in [4.78, 5) is 20.3. The Hall–Kier alpha value is -2.15. The first-order chi connectivity index (χ1) is 9.74. The molecular formula is C13H11BrN4O2. The van der Waals surface area contributed by atoms with Crippen molar-refractivity contribution in [3.05, 3.63) is 40.8 Å². The number of hydrogen-bond acceptors (Lipinski definition) is 5. The number of halogens is 1. The van der Waals surface area contributed by atoms with Gasteiger partial charge in [0.2, 0.25) is 0 Å². The molecule has 1 aliphatic rings. The molecule has 20 heavy (non-hydrogen) atoms. The summed E-state index contributed by atoms with van der Waals surface area (Å²) < 4.78 is 6.18. The molecule has 0 bridgehead atoms. The van der Waals surface area contributed by atoms with Gasteiger partial charge in [-0.15, -0.1) is 0 Å². The fourth-order valence-electron chi connectivity index (χ4n) is 1.91. The Balaban J connectivity index is 1.85. The molecule has 1 aromatic carbocycles. The van der Waals surface area contributed by atoms with Crippen LogP contribution in [0.25, 0.3) is 0 Å².